The van der Waals surface area contributed by atoms with E-state index in [1.165, 1.54) is 87.4 Å². The van der Waals surface area contributed by atoms with Gasteiger partial charge in [0.2, 0.25) is 0 Å². The zero-order valence-corrected chi connectivity index (χ0v) is 35.5. The predicted molar refractivity (Wildman–Crippen MR) is 276 cm³/mol. The number of para-hydroxylation sites is 4. The van der Waals surface area contributed by atoms with Gasteiger partial charge in [-0.1, -0.05) is 170 Å². The minimum Gasteiger partial charge on any atom is -0.309 e. The number of fused-ring (bicyclic) bond motifs is 8. The van der Waals surface area contributed by atoms with Crippen molar-refractivity contribution in [2.24, 2.45) is 0 Å². The van der Waals surface area contributed by atoms with Gasteiger partial charge in [0.05, 0.1) is 33.4 Å². The van der Waals surface area contributed by atoms with Crippen LogP contribution in [0.15, 0.2) is 249 Å². The molecular formula is C62H41N3. The molecule has 0 aliphatic carbocycles. The van der Waals surface area contributed by atoms with Crippen LogP contribution < -0.4 is 4.90 Å². The van der Waals surface area contributed by atoms with Gasteiger partial charge in [-0.05, 0) is 112 Å². The molecule has 0 N–H and O–H groups in total. The van der Waals surface area contributed by atoms with Crippen LogP contribution in [0.2, 0.25) is 0 Å². The van der Waals surface area contributed by atoms with E-state index in [2.05, 4.69) is 263 Å². The third-order valence-electron chi connectivity index (χ3n) is 13.3. The monoisotopic (exact) mass is 827 g/mol. The molecule has 0 saturated carbocycles. The molecule has 0 aliphatic heterocycles. The van der Waals surface area contributed by atoms with Gasteiger partial charge >= 0.3 is 0 Å². The molecule has 2 heterocycles. The lowest BCUT2D eigenvalue weighted by molar-refractivity contribution is 1.18. The standard InChI is InChI=1S/C62H41N3/c1-3-18-46(19-4-1)63-59-28-14-12-26-54(59)56-40-45(33-38-61(56)63)49-37-39-60(52-24-10-9-23-51(49)52)64(57-29-15-17-43-16-7-8-22-50(43)57)48-34-30-42(31-35-48)44-32-36-55-53-25-11-13-27-58(53)65(62(55)41-44)47-20-5-2-6-21-47/h1-41H. The van der Waals surface area contributed by atoms with E-state index in [4.69, 9.17) is 0 Å². The SMILES string of the molecule is c1ccc(-n2c3ccccc3c3cc(-c4ccc(N(c5ccc(-c6ccc7c8ccccc8n(-c8ccccc8)c7c6)cc5)c5cccc6ccccc56)c5ccccc45)ccc32)cc1. The maximum atomic E-state index is 2.45. The van der Waals surface area contributed by atoms with Crippen molar-refractivity contribution in [1.29, 1.82) is 0 Å². The molecule has 0 unspecified atom stereocenters. The summed E-state index contributed by atoms with van der Waals surface area (Å²) in [7, 11) is 0. The van der Waals surface area contributed by atoms with Crippen LogP contribution >= 0.6 is 0 Å². The highest BCUT2D eigenvalue weighted by Gasteiger charge is 2.21. The summed E-state index contributed by atoms with van der Waals surface area (Å²) in [5.74, 6) is 0. The van der Waals surface area contributed by atoms with Gasteiger partial charge in [0.25, 0.3) is 0 Å². The Kier molecular flexibility index (Phi) is 8.53. The van der Waals surface area contributed by atoms with Crippen molar-refractivity contribution in [2.45, 2.75) is 0 Å². The van der Waals surface area contributed by atoms with Gasteiger partial charge in [-0.3, -0.25) is 0 Å². The number of nitrogens with zero attached hydrogens (tertiary/aromatic N) is 3. The number of aromatic nitrogens is 2. The first-order valence-electron chi connectivity index (χ1n) is 22.3. The van der Waals surface area contributed by atoms with Crippen molar-refractivity contribution in [3.8, 4) is 33.6 Å². The molecule has 0 saturated heterocycles. The first-order chi connectivity index (χ1) is 32.3. The number of anilines is 3. The van der Waals surface area contributed by atoms with Gasteiger partial charge in [0, 0.05) is 49.4 Å². The van der Waals surface area contributed by atoms with E-state index in [0.29, 0.717) is 0 Å². The van der Waals surface area contributed by atoms with Crippen molar-refractivity contribution in [3.63, 3.8) is 0 Å². The number of hydrogen-bond donors (Lipinski definition) is 0. The summed E-state index contributed by atoms with van der Waals surface area (Å²) in [5.41, 5.74) is 15.2. The van der Waals surface area contributed by atoms with Crippen LogP contribution in [0.5, 0.6) is 0 Å². The van der Waals surface area contributed by atoms with Crippen LogP contribution in [0.1, 0.15) is 0 Å². The zero-order valence-electron chi connectivity index (χ0n) is 35.5. The average molecular weight is 828 g/mol. The van der Waals surface area contributed by atoms with Gasteiger partial charge < -0.3 is 14.0 Å². The van der Waals surface area contributed by atoms with Crippen LogP contribution in [-0.4, -0.2) is 9.13 Å². The third kappa shape index (κ3) is 5.97. The minimum absolute atomic E-state index is 1.10. The summed E-state index contributed by atoms with van der Waals surface area (Å²) >= 11 is 0. The van der Waals surface area contributed by atoms with Crippen molar-refractivity contribution in [3.05, 3.63) is 249 Å². The van der Waals surface area contributed by atoms with Gasteiger partial charge in [0.15, 0.2) is 0 Å². The van der Waals surface area contributed by atoms with E-state index < -0.39 is 0 Å². The molecule has 11 aromatic carbocycles. The third-order valence-corrected chi connectivity index (χ3v) is 13.3. The van der Waals surface area contributed by atoms with E-state index in [0.717, 1.165) is 28.4 Å². The molecule has 65 heavy (non-hydrogen) atoms. The average Bonchev–Trinajstić information content (AvgIpc) is 3.89. The maximum Gasteiger partial charge on any atom is 0.0547 e. The first kappa shape index (κ1) is 36.9. The second-order valence-corrected chi connectivity index (χ2v) is 16.9. The smallest absolute Gasteiger partial charge is 0.0547 e. The summed E-state index contributed by atoms with van der Waals surface area (Å²) in [4.78, 5) is 2.45. The van der Waals surface area contributed by atoms with E-state index in [1.807, 2.05) is 0 Å². The zero-order chi connectivity index (χ0) is 42.8. The molecule has 3 nitrogen and oxygen atoms in total. The lowest BCUT2D eigenvalue weighted by Gasteiger charge is -2.29. The first-order valence-corrected chi connectivity index (χ1v) is 22.3. The number of benzene rings is 11. The fourth-order valence-electron chi connectivity index (χ4n) is 10.3. The van der Waals surface area contributed by atoms with Gasteiger partial charge in [-0.25, -0.2) is 0 Å². The van der Waals surface area contributed by atoms with Crippen LogP contribution in [0.3, 0.4) is 0 Å². The molecule has 2 aromatic heterocycles. The Labute approximate surface area is 376 Å². The highest BCUT2D eigenvalue weighted by Crippen LogP contribution is 2.46. The van der Waals surface area contributed by atoms with E-state index in [1.54, 1.807) is 0 Å². The summed E-state index contributed by atoms with van der Waals surface area (Å²) in [6.45, 7) is 0. The summed E-state index contributed by atoms with van der Waals surface area (Å²) < 4.78 is 4.77. The predicted octanol–water partition coefficient (Wildman–Crippen LogP) is 17.0. The highest BCUT2D eigenvalue weighted by molar-refractivity contribution is 6.14. The second-order valence-electron chi connectivity index (χ2n) is 16.9. The Hall–Kier alpha value is -8.66. The van der Waals surface area contributed by atoms with Crippen molar-refractivity contribution < 1.29 is 0 Å². The summed E-state index contributed by atoms with van der Waals surface area (Å²) in [5, 5.41) is 9.80. The van der Waals surface area contributed by atoms with Crippen LogP contribution in [0.25, 0.3) is 98.8 Å². The van der Waals surface area contributed by atoms with Crippen LogP contribution in [-0.2, 0) is 0 Å². The molecule has 3 heteroatoms. The van der Waals surface area contributed by atoms with Crippen molar-refractivity contribution in [1.82, 2.24) is 9.13 Å². The Morgan fingerprint density at radius 3 is 1.49 bits per heavy atom. The topological polar surface area (TPSA) is 13.1 Å². The molecular weight excluding hydrogens is 787 g/mol. The molecule has 0 fully saturated rings. The van der Waals surface area contributed by atoms with E-state index >= 15 is 0 Å². The number of rotatable bonds is 7. The molecule has 0 bridgehead atoms. The van der Waals surface area contributed by atoms with E-state index in [9.17, 15) is 0 Å². The van der Waals surface area contributed by atoms with Gasteiger partial charge in [-0.15, -0.1) is 0 Å². The molecule has 0 spiro atoms. The molecule has 304 valence electrons. The van der Waals surface area contributed by atoms with Gasteiger partial charge in [-0.2, -0.15) is 0 Å². The van der Waals surface area contributed by atoms with Crippen LogP contribution in [0.4, 0.5) is 17.1 Å². The lowest BCUT2D eigenvalue weighted by atomic mass is 9.95. The Morgan fingerprint density at radius 1 is 0.262 bits per heavy atom. The molecule has 13 rings (SSSR count). The Bertz CT molecular complexity index is 3930. The summed E-state index contributed by atoms with van der Waals surface area (Å²) in [6.07, 6.45) is 0. The van der Waals surface area contributed by atoms with Crippen molar-refractivity contribution >= 4 is 82.2 Å². The number of hydrogen-bond acceptors (Lipinski definition) is 1. The van der Waals surface area contributed by atoms with Crippen LogP contribution in [0, 0.1) is 0 Å². The molecule has 0 aliphatic rings. The second kappa shape index (κ2) is 15.0. The minimum atomic E-state index is 1.10. The molecule has 0 amide bonds. The van der Waals surface area contributed by atoms with Gasteiger partial charge in [0.1, 0.15) is 0 Å². The quantitative estimate of drug-likeness (QED) is 0.156. The maximum absolute atomic E-state index is 2.45. The lowest BCUT2D eigenvalue weighted by Crippen LogP contribution is -2.11. The Balaban J connectivity index is 0.960. The molecule has 13 aromatic rings. The largest absolute Gasteiger partial charge is 0.309 e. The van der Waals surface area contributed by atoms with Crippen molar-refractivity contribution in [2.75, 3.05) is 4.90 Å². The van der Waals surface area contributed by atoms with E-state index in [-0.39, 0.29) is 0 Å². The molecule has 0 atom stereocenters. The Morgan fingerprint density at radius 2 is 0.769 bits per heavy atom. The normalized spacial score (nSPS) is 11.7. The molecule has 0 radical (unpaired) electrons. The fourth-order valence-corrected chi connectivity index (χ4v) is 10.3. The summed E-state index contributed by atoms with van der Waals surface area (Å²) in [6, 6.07) is 90.7. The highest BCUT2D eigenvalue weighted by atomic mass is 15.1. The fraction of sp³-hybridized carbons (Fsp3) is 0.